The molecule has 3 nitrogen and oxygen atoms in total. The number of hydrogen-bond donors (Lipinski definition) is 1. The lowest BCUT2D eigenvalue weighted by Gasteiger charge is -2.17. The molecular weight excluding hydrogens is 178 g/mol. The fraction of sp³-hybridized carbons (Fsp3) is 0.500. The van der Waals surface area contributed by atoms with Crippen LogP contribution in [0.4, 0.5) is 0 Å². The van der Waals surface area contributed by atoms with E-state index < -0.39 is 0 Å². The normalized spacial score (nSPS) is 27.8. The molecular formula is C8H10ClNO2. The summed E-state index contributed by atoms with van der Waals surface area (Å²) < 4.78 is 10.5. The summed E-state index contributed by atoms with van der Waals surface area (Å²) in [6, 6.07) is 0. The highest BCUT2D eigenvalue weighted by Crippen LogP contribution is 2.31. The lowest BCUT2D eigenvalue weighted by Crippen LogP contribution is -2.19. The number of nitrogens with one attached hydrogen (secondary N) is 1. The van der Waals surface area contributed by atoms with Crippen LogP contribution in [0.3, 0.4) is 0 Å². The average Bonchev–Trinajstić information content (AvgIpc) is 2.49. The van der Waals surface area contributed by atoms with Crippen molar-refractivity contribution in [3.63, 3.8) is 0 Å². The first-order valence-electron chi connectivity index (χ1n) is 3.83. The summed E-state index contributed by atoms with van der Waals surface area (Å²) in [6.45, 7) is 0.345. The Morgan fingerprint density at radius 3 is 3.25 bits per heavy atom. The van der Waals surface area contributed by atoms with Gasteiger partial charge in [-0.05, 0) is 6.08 Å². The molecule has 66 valence electrons. The molecule has 1 unspecified atom stereocenters. The molecule has 1 fully saturated rings. The van der Waals surface area contributed by atoms with Crippen LogP contribution in [0.1, 0.15) is 6.42 Å². The van der Waals surface area contributed by atoms with Crippen molar-refractivity contribution in [2.24, 2.45) is 0 Å². The van der Waals surface area contributed by atoms with Crippen LogP contribution < -0.4 is 5.32 Å². The largest absolute Gasteiger partial charge is 0.469 e. The van der Waals surface area contributed by atoms with Crippen molar-refractivity contribution in [2.75, 3.05) is 13.8 Å². The molecule has 0 aromatic carbocycles. The second-order valence-corrected chi connectivity index (χ2v) is 3.15. The van der Waals surface area contributed by atoms with Crippen molar-refractivity contribution < 1.29 is 9.47 Å². The van der Waals surface area contributed by atoms with Gasteiger partial charge in [-0.1, -0.05) is 11.6 Å². The van der Waals surface area contributed by atoms with E-state index in [2.05, 4.69) is 5.32 Å². The second kappa shape index (κ2) is 2.99. The molecule has 4 heteroatoms. The number of hydrogen-bond acceptors (Lipinski definition) is 3. The van der Waals surface area contributed by atoms with Crippen LogP contribution in [0, 0.1) is 0 Å². The highest BCUT2D eigenvalue weighted by Gasteiger charge is 2.28. The van der Waals surface area contributed by atoms with E-state index in [4.69, 9.17) is 21.1 Å². The molecule has 0 amide bonds. The van der Waals surface area contributed by atoms with Gasteiger partial charge >= 0.3 is 0 Å². The zero-order valence-corrected chi connectivity index (χ0v) is 7.52. The van der Waals surface area contributed by atoms with Gasteiger partial charge in [0.05, 0.1) is 5.03 Å². The first kappa shape index (κ1) is 7.95. The average molecular weight is 188 g/mol. The van der Waals surface area contributed by atoms with Crippen LogP contribution in [0.5, 0.6) is 0 Å². The fourth-order valence-electron chi connectivity index (χ4n) is 1.37. The first-order valence-corrected chi connectivity index (χ1v) is 4.21. The van der Waals surface area contributed by atoms with E-state index in [1.54, 1.807) is 0 Å². The quantitative estimate of drug-likeness (QED) is 0.672. The molecule has 0 radical (unpaired) electrons. The minimum Gasteiger partial charge on any atom is -0.469 e. The molecule has 0 spiro atoms. The van der Waals surface area contributed by atoms with Gasteiger partial charge in [-0.25, -0.2) is 0 Å². The van der Waals surface area contributed by atoms with Gasteiger partial charge in [0, 0.05) is 19.2 Å². The van der Waals surface area contributed by atoms with E-state index in [0.717, 1.165) is 17.9 Å². The molecule has 1 aliphatic heterocycles. The Morgan fingerprint density at radius 2 is 2.50 bits per heavy atom. The molecule has 1 saturated heterocycles. The first-order chi connectivity index (χ1) is 5.81. The Bertz CT molecular complexity index is 260. The summed E-state index contributed by atoms with van der Waals surface area (Å²) in [5, 5.41) is 3.75. The molecule has 2 aliphatic rings. The van der Waals surface area contributed by atoms with E-state index in [-0.39, 0.29) is 6.10 Å². The van der Waals surface area contributed by atoms with Crippen molar-refractivity contribution >= 4 is 11.6 Å². The van der Waals surface area contributed by atoms with Crippen LogP contribution in [0.2, 0.25) is 0 Å². The van der Waals surface area contributed by atoms with Gasteiger partial charge in [0.2, 0.25) is 0 Å². The Morgan fingerprint density at radius 1 is 1.67 bits per heavy atom. The predicted molar refractivity (Wildman–Crippen MR) is 45.5 cm³/mol. The van der Waals surface area contributed by atoms with Crippen LogP contribution in [-0.4, -0.2) is 19.9 Å². The minimum atomic E-state index is 0.0648. The highest BCUT2D eigenvalue weighted by molar-refractivity contribution is 6.31. The number of halogens is 1. The Kier molecular flexibility index (Phi) is 1.98. The zero-order chi connectivity index (χ0) is 8.55. The maximum Gasteiger partial charge on any atom is 0.189 e. The van der Waals surface area contributed by atoms with E-state index in [1.807, 2.05) is 13.1 Å². The zero-order valence-electron chi connectivity index (χ0n) is 6.76. The van der Waals surface area contributed by atoms with Crippen LogP contribution in [-0.2, 0) is 9.47 Å². The summed E-state index contributed by atoms with van der Waals surface area (Å²) in [5.41, 5.74) is 1.01. The van der Waals surface area contributed by atoms with Crippen LogP contribution in [0.25, 0.3) is 0 Å². The smallest absolute Gasteiger partial charge is 0.189 e. The van der Waals surface area contributed by atoms with Gasteiger partial charge < -0.3 is 14.8 Å². The maximum atomic E-state index is 5.95. The molecule has 1 aliphatic carbocycles. The van der Waals surface area contributed by atoms with Gasteiger partial charge in [0.15, 0.2) is 6.79 Å². The number of rotatable bonds is 1. The number of allylic oxidation sites excluding steroid dienone is 2. The van der Waals surface area contributed by atoms with Gasteiger partial charge in [-0.3, -0.25) is 0 Å². The standard InChI is InChI=1S/C8H10ClNO2/c1-10-6-3-8-7(2-5(6)9)11-4-12-8/h2,8,10H,3-4H2,1H3. The SMILES string of the molecule is CNC1=C(Cl)C=C2OCOC2C1. The molecule has 0 bridgehead atoms. The van der Waals surface area contributed by atoms with Gasteiger partial charge in [-0.2, -0.15) is 0 Å². The topological polar surface area (TPSA) is 30.5 Å². The van der Waals surface area contributed by atoms with Crippen molar-refractivity contribution in [3.8, 4) is 0 Å². The molecule has 2 rings (SSSR count). The predicted octanol–water partition coefficient (Wildman–Crippen LogP) is 1.32. The Hall–Kier alpha value is -0.670. The molecule has 1 atom stereocenters. The summed E-state index contributed by atoms with van der Waals surface area (Å²) >= 11 is 5.95. The van der Waals surface area contributed by atoms with Gasteiger partial charge in [0.25, 0.3) is 0 Å². The van der Waals surface area contributed by atoms with E-state index in [9.17, 15) is 0 Å². The van der Waals surface area contributed by atoms with Crippen LogP contribution in [0.15, 0.2) is 22.6 Å². The lowest BCUT2D eigenvalue weighted by atomic mass is 10.1. The minimum absolute atomic E-state index is 0.0648. The summed E-state index contributed by atoms with van der Waals surface area (Å²) in [4.78, 5) is 0. The highest BCUT2D eigenvalue weighted by atomic mass is 35.5. The molecule has 0 aromatic rings. The lowest BCUT2D eigenvalue weighted by molar-refractivity contribution is 0.0497. The van der Waals surface area contributed by atoms with E-state index in [1.165, 1.54) is 0 Å². The molecule has 12 heavy (non-hydrogen) atoms. The van der Waals surface area contributed by atoms with Crippen molar-refractivity contribution in [3.05, 3.63) is 22.6 Å². The monoisotopic (exact) mass is 187 g/mol. The number of fused-ring (bicyclic) bond motifs is 1. The van der Waals surface area contributed by atoms with E-state index >= 15 is 0 Å². The Labute approximate surface area is 76.0 Å². The van der Waals surface area contributed by atoms with Crippen molar-refractivity contribution in [2.45, 2.75) is 12.5 Å². The molecule has 0 aromatic heterocycles. The molecule has 1 N–H and O–H groups in total. The maximum absolute atomic E-state index is 5.95. The third-order valence-corrected chi connectivity index (χ3v) is 2.40. The fourth-order valence-corrected chi connectivity index (χ4v) is 1.65. The van der Waals surface area contributed by atoms with Gasteiger partial charge in [0.1, 0.15) is 11.9 Å². The third-order valence-electron chi connectivity index (χ3n) is 2.06. The van der Waals surface area contributed by atoms with Crippen molar-refractivity contribution in [1.82, 2.24) is 5.32 Å². The Balaban J connectivity index is 2.25. The molecule has 0 saturated carbocycles. The summed E-state index contributed by atoms with van der Waals surface area (Å²) in [7, 11) is 1.85. The second-order valence-electron chi connectivity index (χ2n) is 2.74. The number of ether oxygens (including phenoxy) is 2. The van der Waals surface area contributed by atoms with E-state index in [0.29, 0.717) is 11.8 Å². The van der Waals surface area contributed by atoms with Crippen molar-refractivity contribution in [1.29, 1.82) is 0 Å². The summed E-state index contributed by atoms with van der Waals surface area (Å²) in [6.07, 6.45) is 2.66. The molecule has 1 heterocycles. The summed E-state index contributed by atoms with van der Waals surface area (Å²) in [5.74, 6) is 0.846. The van der Waals surface area contributed by atoms with Crippen LogP contribution >= 0.6 is 11.6 Å². The third kappa shape index (κ3) is 1.19. The van der Waals surface area contributed by atoms with Gasteiger partial charge in [-0.15, -0.1) is 0 Å².